The predicted molar refractivity (Wildman–Crippen MR) is 78.2 cm³/mol. The molecule has 1 aliphatic carbocycles. The largest absolute Gasteiger partial charge is 0.425 e. The summed E-state index contributed by atoms with van der Waals surface area (Å²) >= 11 is 0. The zero-order valence-corrected chi connectivity index (χ0v) is 12.4. The summed E-state index contributed by atoms with van der Waals surface area (Å²) in [7, 11) is 2.20. The zero-order valence-electron chi connectivity index (χ0n) is 12.4. The van der Waals surface area contributed by atoms with Crippen LogP contribution in [0.5, 0.6) is 11.5 Å². The van der Waals surface area contributed by atoms with E-state index in [0.717, 1.165) is 19.4 Å². The maximum absolute atomic E-state index is 13.2. The highest BCUT2D eigenvalue weighted by atomic mass is 19.2. The molecule has 112 valence electrons. The van der Waals surface area contributed by atoms with Gasteiger partial charge in [-0.15, -0.1) is 0 Å². The van der Waals surface area contributed by atoms with Crippen molar-refractivity contribution in [2.75, 3.05) is 13.6 Å². The van der Waals surface area contributed by atoms with Crippen LogP contribution in [-0.4, -0.2) is 31.1 Å². The molecule has 1 aromatic carbocycles. The second-order valence-electron chi connectivity index (χ2n) is 6.53. The Kier molecular flexibility index (Phi) is 2.80. The van der Waals surface area contributed by atoms with Crippen molar-refractivity contribution in [1.29, 1.82) is 0 Å². The summed E-state index contributed by atoms with van der Waals surface area (Å²) in [4.78, 5) is 2.45. The van der Waals surface area contributed by atoms with Crippen molar-refractivity contribution in [1.82, 2.24) is 4.90 Å². The number of ether oxygens (including phenoxy) is 2. The molecule has 0 radical (unpaired) electrons. The molecule has 0 saturated carbocycles. The molecule has 0 spiro atoms. The van der Waals surface area contributed by atoms with Crippen molar-refractivity contribution in [2.24, 2.45) is 5.92 Å². The quantitative estimate of drug-likeness (QED) is 0.741. The van der Waals surface area contributed by atoms with Crippen LogP contribution in [0.1, 0.15) is 25.3 Å². The molecular formula is C17H20FNO2. The first-order chi connectivity index (χ1) is 10.1. The number of hydrogen-bond acceptors (Lipinski definition) is 3. The molecule has 4 heteroatoms. The predicted octanol–water partition coefficient (Wildman–Crippen LogP) is 3.25. The molecule has 1 aromatic rings. The number of alkyl halides is 1. The fourth-order valence-electron chi connectivity index (χ4n) is 4.07. The van der Waals surface area contributed by atoms with Crippen LogP contribution in [0.4, 0.5) is 4.39 Å². The van der Waals surface area contributed by atoms with Crippen LogP contribution in [0.15, 0.2) is 30.4 Å². The van der Waals surface area contributed by atoms with E-state index in [1.807, 2.05) is 12.1 Å². The topological polar surface area (TPSA) is 21.7 Å². The molecule has 3 aliphatic rings. The van der Waals surface area contributed by atoms with E-state index in [-0.39, 0.29) is 5.41 Å². The first-order valence-corrected chi connectivity index (χ1v) is 7.60. The Hall–Kier alpha value is -1.55. The molecule has 4 atom stereocenters. The van der Waals surface area contributed by atoms with Gasteiger partial charge in [0.1, 0.15) is 0 Å². The Labute approximate surface area is 124 Å². The molecule has 0 aromatic heterocycles. The molecule has 0 N–H and O–H groups in total. The summed E-state index contributed by atoms with van der Waals surface area (Å²) < 4.78 is 23.3. The van der Waals surface area contributed by atoms with Gasteiger partial charge >= 0.3 is 6.54 Å². The second kappa shape index (κ2) is 4.47. The highest BCUT2D eigenvalue weighted by Crippen LogP contribution is 2.48. The number of likely N-dealkylation sites (N-methyl/N-ethyl adjacent to an activating group) is 1. The molecule has 0 amide bonds. The number of fused-ring (bicyclic) bond motifs is 2. The molecule has 1 fully saturated rings. The molecule has 21 heavy (non-hydrogen) atoms. The Morgan fingerprint density at radius 3 is 2.95 bits per heavy atom. The number of halogens is 1. The van der Waals surface area contributed by atoms with Gasteiger partial charge in [0.05, 0.1) is 0 Å². The molecule has 4 rings (SSSR count). The van der Waals surface area contributed by atoms with Crippen LogP contribution >= 0.6 is 0 Å². The number of likely N-dealkylation sites (tertiary alicyclic amines) is 1. The van der Waals surface area contributed by atoms with Gasteiger partial charge < -0.3 is 14.4 Å². The standard InChI is InChI=1S/C17H20FNO2/c1-11-5-6-17(7-8-19(2)15(17)9-11)12-3-4-13-14(10-12)21-16(18)20-13/h3-6,10-11,15-16H,7-9H2,1-2H3/t11?,15-,16?,17-/m0/s1. The van der Waals surface area contributed by atoms with Crippen molar-refractivity contribution in [3.8, 4) is 11.5 Å². The number of benzene rings is 1. The first-order valence-electron chi connectivity index (χ1n) is 7.60. The maximum atomic E-state index is 13.2. The number of rotatable bonds is 1. The summed E-state index contributed by atoms with van der Waals surface area (Å²) in [5.74, 6) is 1.63. The van der Waals surface area contributed by atoms with Gasteiger partial charge in [0, 0.05) is 11.5 Å². The van der Waals surface area contributed by atoms with Gasteiger partial charge in [-0.05, 0) is 50.0 Å². The molecule has 2 aliphatic heterocycles. The van der Waals surface area contributed by atoms with Crippen molar-refractivity contribution < 1.29 is 13.9 Å². The van der Waals surface area contributed by atoms with Crippen LogP contribution in [0, 0.1) is 5.92 Å². The van der Waals surface area contributed by atoms with Gasteiger partial charge in [-0.1, -0.05) is 25.1 Å². The van der Waals surface area contributed by atoms with E-state index in [4.69, 9.17) is 9.47 Å². The third-order valence-electron chi connectivity index (χ3n) is 5.24. The molecule has 1 saturated heterocycles. The van der Waals surface area contributed by atoms with Crippen molar-refractivity contribution >= 4 is 0 Å². The lowest BCUT2D eigenvalue weighted by molar-refractivity contribution is -0.0652. The van der Waals surface area contributed by atoms with Gasteiger partial charge in [0.15, 0.2) is 11.5 Å². The Morgan fingerprint density at radius 2 is 2.10 bits per heavy atom. The molecule has 3 nitrogen and oxygen atoms in total. The molecule has 0 bridgehead atoms. The fraction of sp³-hybridized carbons (Fsp3) is 0.529. The van der Waals surface area contributed by atoms with Crippen LogP contribution in [-0.2, 0) is 5.41 Å². The summed E-state index contributed by atoms with van der Waals surface area (Å²) in [6.45, 7) is 1.68. The Morgan fingerprint density at radius 1 is 1.29 bits per heavy atom. The Bertz CT molecular complexity index is 602. The number of hydrogen-bond donors (Lipinski definition) is 0. The van der Waals surface area contributed by atoms with Crippen LogP contribution in [0.2, 0.25) is 0 Å². The van der Waals surface area contributed by atoms with Gasteiger partial charge in [0.2, 0.25) is 0 Å². The SMILES string of the molecule is CC1C=C[C@@]2(c3ccc4c(c3)OC(F)O4)CCN(C)[C@H]2C1. The lowest BCUT2D eigenvalue weighted by Crippen LogP contribution is -2.43. The van der Waals surface area contributed by atoms with E-state index in [0.29, 0.717) is 23.5 Å². The number of nitrogens with zero attached hydrogens (tertiary/aromatic N) is 1. The molecule has 2 unspecified atom stereocenters. The van der Waals surface area contributed by atoms with Crippen LogP contribution in [0.3, 0.4) is 0 Å². The van der Waals surface area contributed by atoms with E-state index >= 15 is 0 Å². The van der Waals surface area contributed by atoms with E-state index < -0.39 is 6.54 Å². The van der Waals surface area contributed by atoms with Gasteiger partial charge in [-0.25, -0.2) is 0 Å². The van der Waals surface area contributed by atoms with Crippen LogP contribution in [0.25, 0.3) is 0 Å². The third-order valence-corrected chi connectivity index (χ3v) is 5.24. The number of allylic oxidation sites excluding steroid dienone is 1. The van der Waals surface area contributed by atoms with Crippen molar-refractivity contribution in [3.63, 3.8) is 0 Å². The van der Waals surface area contributed by atoms with E-state index in [1.54, 1.807) is 0 Å². The summed E-state index contributed by atoms with van der Waals surface area (Å²) in [5, 5.41) is 0. The summed E-state index contributed by atoms with van der Waals surface area (Å²) in [5.41, 5.74) is 1.23. The summed E-state index contributed by atoms with van der Waals surface area (Å²) in [6.07, 6.45) is 6.93. The average molecular weight is 289 g/mol. The minimum atomic E-state index is -1.67. The van der Waals surface area contributed by atoms with E-state index in [2.05, 4.69) is 37.1 Å². The van der Waals surface area contributed by atoms with Gasteiger partial charge in [-0.2, -0.15) is 4.39 Å². The Balaban J connectivity index is 1.78. The molecule has 2 heterocycles. The smallest absolute Gasteiger partial charge is 0.397 e. The second-order valence-corrected chi connectivity index (χ2v) is 6.53. The van der Waals surface area contributed by atoms with Crippen molar-refractivity contribution in [3.05, 3.63) is 35.9 Å². The van der Waals surface area contributed by atoms with Gasteiger partial charge in [-0.3, -0.25) is 0 Å². The first kappa shape index (κ1) is 13.1. The monoisotopic (exact) mass is 289 g/mol. The molecular weight excluding hydrogens is 269 g/mol. The van der Waals surface area contributed by atoms with Crippen molar-refractivity contribution in [2.45, 2.75) is 37.8 Å². The lowest BCUT2D eigenvalue weighted by Gasteiger charge is -2.40. The van der Waals surface area contributed by atoms with E-state index in [9.17, 15) is 4.39 Å². The zero-order chi connectivity index (χ0) is 14.6. The highest BCUT2D eigenvalue weighted by molar-refractivity contribution is 5.49. The van der Waals surface area contributed by atoms with Gasteiger partial charge in [0.25, 0.3) is 0 Å². The third kappa shape index (κ3) is 1.89. The normalized spacial score (nSPS) is 37.8. The fourth-order valence-corrected chi connectivity index (χ4v) is 4.07. The summed E-state index contributed by atoms with van der Waals surface area (Å²) in [6, 6.07) is 6.35. The highest BCUT2D eigenvalue weighted by Gasteiger charge is 2.47. The minimum Gasteiger partial charge on any atom is -0.425 e. The maximum Gasteiger partial charge on any atom is 0.397 e. The van der Waals surface area contributed by atoms with E-state index in [1.165, 1.54) is 5.56 Å². The lowest BCUT2D eigenvalue weighted by atomic mass is 9.68. The minimum absolute atomic E-state index is 0.0219. The van der Waals surface area contributed by atoms with Crippen LogP contribution < -0.4 is 9.47 Å². The average Bonchev–Trinajstić information content (AvgIpc) is 2.99.